The number of carbonyl (C=O) groups is 1. The Hall–Kier alpha value is -1.62. The van der Waals surface area contributed by atoms with Crippen LogP contribution >= 0.6 is 23.2 Å². The molecule has 6 heteroatoms. The van der Waals surface area contributed by atoms with Gasteiger partial charge in [-0.05, 0) is 31.0 Å². The monoisotopic (exact) mass is 369 g/mol. The number of nitrogens with one attached hydrogen (secondary N) is 1. The van der Waals surface area contributed by atoms with Crippen LogP contribution in [0, 0.1) is 5.82 Å². The fourth-order valence-electron chi connectivity index (χ4n) is 2.15. The molecule has 0 saturated heterocycles. The van der Waals surface area contributed by atoms with Crippen LogP contribution in [0.4, 0.5) is 4.39 Å². The molecule has 0 aliphatic heterocycles. The molecule has 0 heterocycles. The molecule has 0 spiro atoms. The third-order valence-corrected chi connectivity index (χ3v) is 4.10. The van der Waals surface area contributed by atoms with Gasteiger partial charge in [0, 0.05) is 13.2 Å². The predicted octanol–water partition coefficient (Wildman–Crippen LogP) is 5.03. The summed E-state index contributed by atoms with van der Waals surface area (Å²) in [7, 11) is 0. The molecule has 0 radical (unpaired) electrons. The highest BCUT2D eigenvalue weighted by Crippen LogP contribution is 2.24. The second-order valence-electron chi connectivity index (χ2n) is 5.28. The lowest BCUT2D eigenvalue weighted by molar-refractivity contribution is 0.0635. The van der Waals surface area contributed by atoms with Crippen LogP contribution in [0.25, 0.3) is 0 Å². The molecule has 2 aromatic carbocycles. The summed E-state index contributed by atoms with van der Waals surface area (Å²) in [5.74, 6) is -1.11. The Kier molecular flexibility index (Phi) is 7.03. The molecule has 1 amide bonds. The first kappa shape index (κ1) is 18.7. The molecule has 3 nitrogen and oxygen atoms in total. The predicted molar refractivity (Wildman–Crippen MR) is 94.2 cm³/mol. The molecular formula is C18H18Cl2FNO2. The molecule has 24 heavy (non-hydrogen) atoms. The topological polar surface area (TPSA) is 38.3 Å². The van der Waals surface area contributed by atoms with E-state index in [1.807, 2.05) is 37.3 Å². The van der Waals surface area contributed by atoms with Crippen molar-refractivity contribution in [2.45, 2.75) is 19.4 Å². The highest BCUT2D eigenvalue weighted by atomic mass is 35.5. The summed E-state index contributed by atoms with van der Waals surface area (Å²) >= 11 is 11.5. The summed E-state index contributed by atoms with van der Waals surface area (Å²) in [4.78, 5) is 12.0. The summed E-state index contributed by atoms with van der Waals surface area (Å²) in [5, 5.41) is 2.69. The standard InChI is InChI=1S/C18H18Cl2FNO2/c1-12(13-6-3-2-4-7-13)24-9-5-8-22-18(23)14-10-17(21)16(20)11-15(14)19/h2-4,6-7,10-12H,5,8-9H2,1H3,(H,22,23). The van der Waals surface area contributed by atoms with Gasteiger partial charge in [-0.3, -0.25) is 4.79 Å². The number of hydrogen-bond acceptors (Lipinski definition) is 2. The molecule has 1 N–H and O–H groups in total. The number of carbonyl (C=O) groups excluding carboxylic acids is 1. The molecule has 0 saturated carbocycles. The third-order valence-electron chi connectivity index (χ3n) is 3.50. The van der Waals surface area contributed by atoms with E-state index in [1.54, 1.807) is 0 Å². The molecule has 1 atom stereocenters. The minimum atomic E-state index is -0.675. The van der Waals surface area contributed by atoms with Crippen LogP contribution in [0.5, 0.6) is 0 Å². The van der Waals surface area contributed by atoms with Crippen molar-refractivity contribution in [1.29, 1.82) is 0 Å². The third kappa shape index (κ3) is 5.20. The molecule has 0 aliphatic rings. The summed E-state index contributed by atoms with van der Waals surface area (Å²) in [6, 6.07) is 12.1. The molecular weight excluding hydrogens is 352 g/mol. The van der Waals surface area contributed by atoms with Crippen molar-refractivity contribution < 1.29 is 13.9 Å². The lowest BCUT2D eigenvalue weighted by atomic mass is 10.1. The van der Waals surface area contributed by atoms with Gasteiger partial charge in [0.25, 0.3) is 5.91 Å². The van der Waals surface area contributed by atoms with Crippen LogP contribution in [0.2, 0.25) is 10.0 Å². The second kappa shape index (κ2) is 9.02. The van der Waals surface area contributed by atoms with Crippen LogP contribution in [0.1, 0.15) is 35.4 Å². The minimum absolute atomic E-state index is 0.0123. The zero-order chi connectivity index (χ0) is 17.5. The molecule has 1 unspecified atom stereocenters. The van der Waals surface area contributed by atoms with Crippen molar-refractivity contribution in [1.82, 2.24) is 5.32 Å². The van der Waals surface area contributed by atoms with E-state index in [0.29, 0.717) is 19.6 Å². The molecule has 0 fully saturated rings. The first-order valence-electron chi connectivity index (χ1n) is 7.58. The summed E-state index contributed by atoms with van der Waals surface area (Å²) < 4.78 is 19.1. The largest absolute Gasteiger partial charge is 0.374 e. The SMILES string of the molecule is CC(OCCCNC(=O)c1cc(F)c(Cl)cc1Cl)c1ccccc1. The number of hydrogen-bond donors (Lipinski definition) is 1. The van der Waals surface area contributed by atoms with Crippen LogP contribution in [0.15, 0.2) is 42.5 Å². The van der Waals surface area contributed by atoms with Crippen LogP contribution in [-0.2, 0) is 4.74 Å². The fraction of sp³-hybridized carbons (Fsp3) is 0.278. The van der Waals surface area contributed by atoms with Crippen LogP contribution < -0.4 is 5.32 Å². The van der Waals surface area contributed by atoms with E-state index in [2.05, 4.69) is 5.32 Å². The second-order valence-corrected chi connectivity index (χ2v) is 6.09. The highest BCUT2D eigenvalue weighted by molar-refractivity contribution is 6.36. The van der Waals surface area contributed by atoms with Crippen molar-refractivity contribution in [3.8, 4) is 0 Å². The van der Waals surface area contributed by atoms with E-state index < -0.39 is 11.7 Å². The molecule has 0 bridgehead atoms. The Morgan fingerprint density at radius 3 is 2.62 bits per heavy atom. The van der Waals surface area contributed by atoms with Gasteiger partial charge in [0.2, 0.25) is 0 Å². The minimum Gasteiger partial charge on any atom is -0.374 e. The number of amides is 1. The molecule has 0 aromatic heterocycles. The first-order valence-corrected chi connectivity index (χ1v) is 8.34. The Balaban J connectivity index is 1.74. The average Bonchev–Trinajstić information content (AvgIpc) is 2.58. The van der Waals surface area contributed by atoms with E-state index in [0.717, 1.165) is 11.6 Å². The maximum absolute atomic E-state index is 13.4. The van der Waals surface area contributed by atoms with Gasteiger partial charge in [0.1, 0.15) is 5.82 Å². The van der Waals surface area contributed by atoms with E-state index in [-0.39, 0.29) is 21.7 Å². The number of rotatable bonds is 7. The summed E-state index contributed by atoms with van der Waals surface area (Å²) in [6.45, 7) is 2.88. The molecule has 2 rings (SSSR count). The van der Waals surface area contributed by atoms with Gasteiger partial charge in [0.15, 0.2) is 0 Å². The fourth-order valence-corrected chi connectivity index (χ4v) is 2.62. The number of ether oxygens (including phenoxy) is 1. The van der Waals surface area contributed by atoms with Gasteiger partial charge >= 0.3 is 0 Å². The van der Waals surface area contributed by atoms with E-state index in [1.165, 1.54) is 6.07 Å². The summed E-state index contributed by atoms with van der Waals surface area (Å²) in [6.07, 6.45) is 0.623. The van der Waals surface area contributed by atoms with Crippen LogP contribution in [-0.4, -0.2) is 19.1 Å². The van der Waals surface area contributed by atoms with Gasteiger partial charge < -0.3 is 10.1 Å². The quantitative estimate of drug-likeness (QED) is 0.548. The van der Waals surface area contributed by atoms with E-state index >= 15 is 0 Å². The Bertz CT molecular complexity index is 695. The van der Waals surface area contributed by atoms with Crippen molar-refractivity contribution in [3.05, 3.63) is 69.5 Å². The smallest absolute Gasteiger partial charge is 0.252 e. The maximum Gasteiger partial charge on any atom is 0.252 e. The zero-order valence-electron chi connectivity index (χ0n) is 13.2. The first-order chi connectivity index (χ1) is 11.5. The van der Waals surface area contributed by atoms with Gasteiger partial charge in [-0.1, -0.05) is 53.5 Å². The van der Waals surface area contributed by atoms with Gasteiger partial charge in [-0.2, -0.15) is 0 Å². The molecule has 2 aromatic rings. The van der Waals surface area contributed by atoms with E-state index in [4.69, 9.17) is 27.9 Å². The average molecular weight is 370 g/mol. The molecule has 128 valence electrons. The Labute approximate surface area is 150 Å². The number of benzene rings is 2. The van der Waals surface area contributed by atoms with Gasteiger partial charge in [0.05, 0.1) is 21.7 Å². The normalized spacial score (nSPS) is 12.0. The Morgan fingerprint density at radius 2 is 1.92 bits per heavy atom. The highest BCUT2D eigenvalue weighted by Gasteiger charge is 2.13. The maximum atomic E-state index is 13.4. The van der Waals surface area contributed by atoms with Crippen molar-refractivity contribution in [2.24, 2.45) is 0 Å². The van der Waals surface area contributed by atoms with Crippen LogP contribution in [0.3, 0.4) is 0 Å². The van der Waals surface area contributed by atoms with E-state index in [9.17, 15) is 9.18 Å². The lowest BCUT2D eigenvalue weighted by Crippen LogP contribution is -2.25. The lowest BCUT2D eigenvalue weighted by Gasteiger charge is -2.13. The van der Waals surface area contributed by atoms with Gasteiger partial charge in [-0.15, -0.1) is 0 Å². The molecule has 0 aliphatic carbocycles. The summed E-state index contributed by atoms with van der Waals surface area (Å²) in [5.41, 5.74) is 1.17. The van der Waals surface area contributed by atoms with Gasteiger partial charge in [-0.25, -0.2) is 4.39 Å². The van der Waals surface area contributed by atoms with Crippen molar-refractivity contribution in [3.63, 3.8) is 0 Å². The van der Waals surface area contributed by atoms with Crippen molar-refractivity contribution in [2.75, 3.05) is 13.2 Å². The zero-order valence-corrected chi connectivity index (χ0v) is 14.7. The number of halogens is 3. The Morgan fingerprint density at radius 1 is 1.21 bits per heavy atom. The van der Waals surface area contributed by atoms with Crippen molar-refractivity contribution >= 4 is 29.1 Å².